The molecule has 0 saturated carbocycles. The number of nitrogens with zero attached hydrogens (tertiary/aromatic N) is 2. The van der Waals surface area contributed by atoms with Gasteiger partial charge >= 0.3 is 0 Å². The second kappa shape index (κ2) is 7.44. The number of unbranched alkanes of at least 4 members (excludes halogenated alkanes) is 1. The third-order valence-corrected chi connectivity index (χ3v) is 2.53. The predicted molar refractivity (Wildman–Crippen MR) is 68.9 cm³/mol. The van der Waals surface area contributed by atoms with Crippen LogP contribution in [0.4, 0.5) is 5.95 Å². The van der Waals surface area contributed by atoms with E-state index in [1.165, 1.54) is 0 Å². The fraction of sp³-hybridized carbons (Fsp3) is 0.636. The molecule has 1 heterocycles. The average Bonchev–Trinajstić information content (AvgIpc) is 2.30. The van der Waals surface area contributed by atoms with Gasteiger partial charge in [-0.15, -0.1) is 0 Å². The summed E-state index contributed by atoms with van der Waals surface area (Å²) >= 11 is 3.37. The highest BCUT2D eigenvalue weighted by atomic mass is 79.9. The molecule has 0 aliphatic heterocycles. The zero-order valence-electron chi connectivity index (χ0n) is 9.79. The van der Waals surface area contributed by atoms with Crippen LogP contribution in [0, 0.1) is 0 Å². The zero-order chi connectivity index (χ0) is 11.8. The van der Waals surface area contributed by atoms with Crippen LogP contribution in [0.15, 0.2) is 10.7 Å². The van der Waals surface area contributed by atoms with E-state index in [2.05, 4.69) is 45.1 Å². The standard InChI is InChI=1S/C11H18BrN3O/c1-3-5-7-16-10-9(12)8-14-11(15-10)13-6-4-2/h8H,3-7H2,1-2H3,(H,13,14,15). The summed E-state index contributed by atoms with van der Waals surface area (Å²) in [7, 11) is 0. The molecule has 90 valence electrons. The van der Waals surface area contributed by atoms with E-state index in [1.54, 1.807) is 6.20 Å². The van der Waals surface area contributed by atoms with Crippen LogP contribution < -0.4 is 10.1 Å². The van der Waals surface area contributed by atoms with Crippen molar-refractivity contribution in [1.29, 1.82) is 0 Å². The highest BCUT2D eigenvalue weighted by Crippen LogP contribution is 2.22. The summed E-state index contributed by atoms with van der Waals surface area (Å²) in [6.45, 7) is 5.80. The molecule has 0 bridgehead atoms. The van der Waals surface area contributed by atoms with Gasteiger partial charge in [-0.3, -0.25) is 0 Å². The molecule has 0 unspecified atom stereocenters. The second-order valence-electron chi connectivity index (χ2n) is 3.48. The summed E-state index contributed by atoms with van der Waals surface area (Å²) in [5.41, 5.74) is 0. The van der Waals surface area contributed by atoms with Gasteiger partial charge in [0.05, 0.1) is 17.3 Å². The summed E-state index contributed by atoms with van der Waals surface area (Å²) in [5.74, 6) is 1.23. The quantitative estimate of drug-likeness (QED) is 0.782. The van der Waals surface area contributed by atoms with Crippen LogP contribution >= 0.6 is 15.9 Å². The Labute approximate surface area is 105 Å². The third kappa shape index (κ3) is 4.35. The van der Waals surface area contributed by atoms with Crippen molar-refractivity contribution >= 4 is 21.9 Å². The normalized spacial score (nSPS) is 10.2. The lowest BCUT2D eigenvalue weighted by molar-refractivity contribution is 0.295. The highest BCUT2D eigenvalue weighted by Gasteiger charge is 2.05. The highest BCUT2D eigenvalue weighted by molar-refractivity contribution is 9.10. The van der Waals surface area contributed by atoms with E-state index < -0.39 is 0 Å². The first-order valence-electron chi connectivity index (χ1n) is 5.67. The largest absolute Gasteiger partial charge is 0.477 e. The Morgan fingerprint density at radius 3 is 2.88 bits per heavy atom. The van der Waals surface area contributed by atoms with Gasteiger partial charge in [0.15, 0.2) is 0 Å². The van der Waals surface area contributed by atoms with Crippen LogP contribution in [-0.4, -0.2) is 23.1 Å². The second-order valence-corrected chi connectivity index (χ2v) is 4.33. The van der Waals surface area contributed by atoms with Gasteiger partial charge in [0, 0.05) is 6.54 Å². The van der Waals surface area contributed by atoms with Crippen LogP contribution in [0.2, 0.25) is 0 Å². The van der Waals surface area contributed by atoms with Gasteiger partial charge < -0.3 is 10.1 Å². The molecular formula is C11H18BrN3O. The van der Waals surface area contributed by atoms with Crippen molar-refractivity contribution in [3.63, 3.8) is 0 Å². The maximum Gasteiger partial charge on any atom is 0.232 e. The fourth-order valence-electron chi connectivity index (χ4n) is 1.09. The lowest BCUT2D eigenvalue weighted by atomic mass is 10.4. The van der Waals surface area contributed by atoms with Crippen LogP contribution in [0.3, 0.4) is 0 Å². The summed E-state index contributed by atoms with van der Waals surface area (Å²) in [4.78, 5) is 8.45. The maximum atomic E-state index is 5.56. The minimum absolute atomic E-state index is 0.613. The molecule has 0 amide bonds. The van der Waals surface area contributed by atoms with Gasteiger partial charge in [-0.2, -0.15) is 4.98 Å². The molecule has 0 aliphatic carbocycles. The predicted octanol–water partition coefficient (Wildman–Crippen LogP) is 3.24. The Balaban J connectivity index is 2.59. The van der Waals surface area contributed by atoms with Crippen LogP contribution in [0.25, 0.3) is 0 Å². The summed E-state index contributed by atoms with van der Waals surface area (Å²) in [6, 6.07) is 0. The zero-order valence-corrected chi connectivity index (χ0v) is 11.4. The Morgan fingerprint density at radius 2 is 2.19 bits per heavy atom. The van der Waals surface area contributed by atoms with Gasteiger partial charge in [0.1, 0.15) is 0 Å². The molecule has 0 fully saturated rings. The van der Waals surface area contributed by atoms with E-state index in [-0.39, 0.29) is 0 Å². The molecule has 0 spiro atoms. The molecule has 4 nitrogen and oxygen atoms in total. The molecule has 0 atom stereocenters. The molecule has 1 N–H and O–H groups in total. The van der Waals surface area contributed by atoms with E-state index in [1.807, 2.05) is 0 Å². The lowest BCUT2D eigenvalue weighted by Gasteiger charge is -2.08. The molecule has 0 radical (unpaired) electrons. The number of aromatic nitrogens is 2. The average molecular weight is 288 g/mol. The Bertz CT molecular complexity index is 320. The van der Waals surface area contributed by atoms with E-state index in [0.717, 1.165) is 30.3 Å². The van der Waals surface area contributed by atoms with Crippen molar-refractivity contribution in [2.45, 2.75) is 33.1 Å². The minimum atomic E-state index is 0.613. The Morgan fingerprint density at radius 1 is 1.38 bits per heavy atom. The van der Waals surface area contributed by atoms with Crippen molar-refractivity contribution in [2.24, 2.45) is 0 Å². The van der Waals surface area contributed by atoms with Gasteiger partial charge in [-0.05, 0) is 28.8 Å². The molecule has 1 rings (SSSR count). The Hall–Kier alpha value is -0.840. The summed E-state index contributed by atoms with van der Waals surface area (Å²) in [6.07, 6.45) is 4.91. The number of rotatable bonds is 7. The number of hydrogen-bond donors (Lipinski definition) is 1. The van der Waals surface area contributed by atoms with E-state index >= 15 is 0 Å². The van der Waals surface area contributed by atoms with Crippen molar-refractivity contribution < 1.29 is 4.74 Å². The fourth-order valence-corrected chi connectivity index (χ4v) is 1.39. The van der Waals surface area contributed by atoms with Crippen LogP contribution in [0.1, 0.15) is 33.1 Å². The van der Waals surface area contributed by atoms with Crippen LogP contribution in [0.5, 0.6) is 5.88 Å². The number of ether oxygens (including phenoxy) is 1. The van der Waals surface area contributed by atoms with Gasteiger partial charge in [0.2, 0.25) is 11.8 Å². The monoisotopic (exact) mass is 287 g/mol. The molecule has 1 aromatic heterocycles. The molecule has 0 aliphatic rings. The van der Waals surface area contributed by atoms with Gasteiger partial charge in [-0.25, -0.2) is 4.98 Å². The molecule has 0 aromatic carbocycles. The van der Waals surface area contributed by atoms with Crippen molar-refractivity contribution in [3.05, 3.63) is 10.7 Å². The first kappa shape index (κ1) is 13.2. The lowest BCUT2D eigenvalue weighted by Crippen LogP contribution is -2.06. The maximum absolute atomic E-state index is 5.56. The van der Waals surface area contributed by atoms with E-state index in [0.29, 0.717) is 18.4 Å². The van der Waals surface area contributed by atoms with Gasteiger partial charge in [-0.1, -0.05) is 20.3 Å². The smallest absolute Gasteiger partial charge is 0.232 e. The van der Waals surface area contributed by atoms with E-state index in [4.69, 9.17) is 4.74 Å². The van der Waals surface area contributed by atoms with Crippen molar-refractivity contribution in [3.8, 4) is 5.88 Å². The molecule has 1 aromatic rings. The first-order valence-corrected chi connectivity index (χ1v) is 6.46. The van der Waals surface area contributed by atoms with E-state index in [9.17, 15) is 0 Å². The summed E-state index contributed by atoms with van der Waals surface area (Å²) in [5, 5.41) is 3.13. The number of nitrogens with one attached hydrogen (secondary N) is 1. The molecule has 0 saturated heterocycles. The number of hydrogen-bond acceptors (Lipinski definition) is 4. The Kier molecular flexibility index (Phi) is 6.15. The molecular weight excluding hydrogens is 270 g/mol. The first-order chi connectivity index (χ1) is 7.77. The third-order valence-electron chi connectivity index (χ3n) is 1.98. The van der Waals surface area contributed by atoms with Crippen LogP contribution in [-0.2, 0) is 0 Å². The molecule has 16 heavy (non-hydrogen) atoms. The SMILES string of the molecule is CCCCOc1nc(NCCC)ncc1Br. The van der Waals surface area contributed by atoms with Gasteiger partial charge in [0.25, 0.3) is 0 Å². The number of halogens is 1. The van der Waals surface area contributed by atoms with Crippen molar-refractivity contribution in [1.82, 2.24) is 9.97 Å². The minimum Gasteiger partial charge on any atom is -0.477 e. The summed E-state index contributed by atoms with van der Waals surface area (Å²) < 4.78 is 6.36. The number of anilines is 1. The van der Waals surface area contributed by atoms with Crippen molar-refractivity contribution in [2.75, 3.05) is 18.5 Å². The molecule has 5 heteroatoms. The topological polar surface area (TPSA) is 47.0 Å².